The van der Waals surface area contributed by atoms with Gasteiger partial charge in [-0.3, -0.25) is 14.4 Å². The van der Waals surface area contributed by atoms with E-state index in [4.69, 9.17) is 25.8 Å². The number of amides is 1. The van der Waals surface area contributed by atoms with Crippen LogP contribution in [-0.2, 0) is 9.59 Å². The minimum absolute atomic E-state index is 0.0827. The van der Waals surface area contributed by atoms with Crippen molar-refractivity contribution in [2.24, 2.45) is 17.8 Å². The molecule has 4 aliphatic rings. The summed E-state index contributed by atoms with van der Waals surface area (Å²) < 4.78 is 17.0. The molecule has 0 saturated carbocycles. The van der Waals surface area contributed by atoms with Crippen LogP contribution in [0.2, 0.25) is 5.02 Å². The lowest BCUT2D eigenvalue weighted by Crippen LogP contribution is -2.59. The molecule has 0 aromatic heterocycles. The molecule has 0 saturated heterocycles. The van der Waals surface area contributed by atoms with Gasteiger partial charge in [0.2, 0.25) is 23.1 Å². The smallest absolute Gasteiger partial charge is 0.236 e. The van der Waals surface area contributed by atoms with E-state index in [0.29, 0.717) is 23.4 Å². The summed E-state index contributed by atoms with van der Waals surface area (Å²) in [5.74, 6) is -0.861. The molecule has 33 heavy (non-hydrogen) atoms. The number of fused-ring (bicyclic) bond motifs is 1. The Hall–Kier alpha value is -2.80. The van der Waals surface area contributed by atoms with Crippen molar-refractivity contribution in [3.05, 3.63) is 40.1 Å². The van der Waals surface area contributed by atoms with Crippen molar-refractivity contribution in [1.29, 1.82) is 0 Å². The van der Waals surface area contributed by atoms with Crippen LogP contribution < -0.4 is 19.5 Å². The second-order valence-electron chi connectivity index (χ2n) is 9.20. The number of benzene rings is 1. The first kappa shape index (κ1) is 22.0. The van der Waals surface area contributed by atoms with Crippen LogP contribution in [0.15, 0.2) is 29.5 Å². The van der Waals surface area contributed by atoms with Gasteiger partial charge in [0, 0.05) is 35.6 Å². The molecule has 2 heterocycles. The fourth-order valence-corrected chi connectivity index (χ4v) is 6.08. The van der Waals surface area contributed by atoms with Gasteiger partial charge in [-0.05, 0) is 31.6 Å². The van der Waals surface area contributed by atoms with E-state index in [-0.39, 0.29) is 52.0 Å². The number of Topliss-reactive ketones (excluding diaryl/α,β-unsaturated/α-hetero) is 2. The molecule has 0 bridgehead atoms. The molecular weight excluding hydrogens is 446 g/mol. The van der Waals surface area contributed by atoms with Crippen LogP contribution in [-0.4, -0.2) is 37.3 Å². The van der Waals surface area contributed by atoms with Crippen LogP contribution in [0.1, 0.15) is 49.4 Å². The van der Waals surface area contributed by atoms with Crippen molar-refractivity contribution in [2.75, 3.05) is 14.2 Å². The minimum Gasteiger partial charge on any atom is -0.496 e. The second kappa shape index (κ2) is 7.90. The SMILES string of the molecule is COc1cc(OC)c2c(c1Cl)O[C@@]1(C(=O)C3=C(C[C@H]1C)NC(=O)C[C@H]3[C@@H]1CC=CCC1)C2=O. The first-order valence-corrected chi connectivity index (χ1v) is 11.6. The molecule has 1 aromatic carbocycles. The number of carbonyl (C=O) groups is 3. The quantitative estimate of drug-likeness (QED) is 0.528. The van der Waals surface area contributed by atoms with Gasteiger partial charge in [-0.2, -0.15) is 0 Å². The van der Waals surface area contributed by atoms with Gasteiger partial charge in [0.15, 0.2) is 5.75 Å². The molecule has 0 radical (unpaired) electrons. The van der Waals surface area contributed by atoms with Gasteiger partial charge in [0.1, 0.15) is 22.1 Å². The third-order valence-corrected chi connectivity index (χ3v) is 7.83. The minimum atomic E-state index is -1.74. The normalized spacial score (nSPS) is 30.7. The van der Waals surface area contributed by atoms with Crippen molar-refractivity contribution in [3.8, 4) is 17.2 Å². The fourth-order valence-electron chi connectivity index (χ4n) is 5.81. The Labute approximate surface area is 197 Å². The predicted octanol–water partition coefficient (Wildman–Crippen LogP) is 4.03. The van der Waals surface area contributed by atoms with E-state index in [1.54, 1.807) is 6.92 Å². The average molecular weight is 472 g/mol. The molecule has 1 amide bonds. The number of allylic oxidation sites excluding steroid dienone is 3. The molecular formula is C25H26ClNO6. The maximum absolute atomic E-state index is 14.2. The highest BCUT2D eigenvalue weighted by atomic mass is 35.5. The highest BCUT2D eigenvalue weighted by Gasteiger charge is 2.63. The van der Waals surface area contributed by atoms with E-state index < -0.39 is 17.3 Å². The molecule has 7 nitrogen and oxygen atoms in total. The second-order valence-corrected chi connectivity index (χ2v) is 9.57. The first-order chi connectivity index (χ1) is 15.8. The van der Waals surface area contributed by atoms with Crippen molar-refractivity contribution in [3.63, 3.8) is 0 Å². The zero-order valence-corrected chi connectivity index (χ0v) is 19.6. The van der Waals surface area contributed by atoms with Crippen molar-refractivity contribution in [2.45, 2.75) is 44.6 Å². The summed E-state index contributed by atoms with van der Waals surface area (Å²) in [6, 6.07) is 1.53. The van der Waals surface area contributed by atoms with E-state index in [2.05, 4.69) is 17.5 Å². The van der Waals surface area contributed by atoms with E-state index in [1.807, 2.05) is 0 Å². The largest absolute Gasteiger partial charge is 0.496 e. The molecule has 2 aliphatic carbocycles. The number of rotatable bonds is 3. The van der Waals surface area contributed by atoms with E-state index >= 15 is 0 Å². The lowest BCUT2D eigenvalue weighted by Gasteiger charge is -2.43. The summed E-state index contributed by atoms with van der Waals surface area (Å²) in [5.41, 5.74) is -0.437. The summed E-state index contributed by atoms with van der Waals surface area (Å²) in [7, 11) is 2.90. The maximum atomic E-state index is 14.2. The van der Waals surface area contributed by atoms with Gasteiger partial charge in [0.25, 0.3) is 0 Å². The van der Waals surface area contributed by atoms with Crippen LogP contribution in [0, 0.1) is 17.8 Å². The summed E-state index contributed by atoms with van der Waals surface area (Å²) in [4.78, 5) is 40.6. The van der Waals surface area contributed by atoms with Gasteiger partial charge in [-0.25, -0.2) is 0 Å². The van der Waals surface area contributed by atoms with Crippen molar-refractivity contribution < 1.29 is 28.6 Å². The first-order valence-electron chi connectivity index (χ1n) is 11.2. The van der Waals surface area contributed by atoms with Crippen molar-refractivity contribution in [1.82, 2.24) is 5.32 Å². The predicted molar refractivity (Wildman–Crippen MR) is 121 cm³/mol. The molecule has 0 fully saturated rings. The molecule has 174 valence electrons. The van der Waals surface area contributed by atoms with Crippen LogP contribution in [0.3, 0.4) is 0 Å². The summed E-state index contributed by atoms with van der Waals surface area (Å²) in [6.07, 6.45) is 7.42. The van der Waals surface area contributed by atoms with Crippen LogP contribution in [0.4, 0.5) is 0 Å². The molecule has 1 aromatic rings. The molecule has 4 atom stereocenters. The number of halogens is 1. The number of ether oxygens (including phenoxy) is 3. The van der Waals surface area contributed by atoms with Gasteiger partial charge in [0.05, 0.1) is 14.2 Å². The van der Waals surface area contributed by atoms with Gasteiger partial charge >= 0.3 is 0 Å². The van der Waals surface area contributed by atoms with Gasteiger partial charge < -0.3 is 19.5 Å². The zero-order chi connectivity index (χ0) is 23.5. The monoisotopic (exact) mass is 471 g/mol. The van der Waals surface area contributed by atoms with Crippen LogP contribution >= 0.6 is 11.6 Å². The fraction of sp³-hybridized carbons (Fsp3) is 0.480. The molecule has 8 heteroatoms. The van der Waals surface area contributed by atoms with E-state index in [1.165, 1.54) is 20.3 Å². The molecule has 0 unspecified atom stereocenters. The third kappa shape index (κ3) is 3.05. The Morgan fingerprint density at radius 1 is 1.09 bits per heavy atom. The van der Waals surface area contributed by atoms with Gasteiger partial charge in [-0.15, -0.1) is 0 Å². The maximum Gasteiger partial charge on any atom is 0.236 e. The van der Waals surface area contributed by atoms with Gasteiger partial charge in [-0.1, -0.05) is 30.7 Å². The highest BCUT2D eigenvalue weighted by Crippen LogP contribution is 2.55. The number of nitrogens with one attached hydrogen (secondary N) is 1. The number of hydrogen-bond acceptors (Lipinski definition) is 6. The van der Waals surface area contributed by atoms with E-state index in [9.17, 15) is 14.4 Å². The summed E-state index contributed by atoms with van der Waals surface area (Å²) in [5, 5.41) is 3.04. The average Bonchev–Trinajstić information content (AvgIpc) is 3.13. The summed E-state index contributed by atoms with van der Waals surface area (Å²) in [6.45, 7) is 1.79. The highest BCUT2D eigenvalue weighted by molar-refractivity contribution is 6.36. The standard InChI is InChI=1S/C25H26ClNO6/c1-12-9-15-19(14(10-18(28)27-15)13-7-5-4-6-8-13)23(29)25(12)24(30)20-16(31-2)11-17(32-3)21(26)22(20)33-25/h4-5,11-14H,6-10H2,1-3H3,(H,27,28)/t12-,13-,14+,25+/m1/s1. The zero-order valence-electron chi connectivity index (χ0n) is 18.8. The number of methoxy groups -OCH3 is 2. The lowest BCUT2D eigenvalue weighted by atomic mass is 9.64. The Morgan fingerprint density at radius 3 is 2.52 bits per heavy atom. The van der Waals surface area contributed by atoms with Crippen LogP contribution in [0.25, 0.3) is 0 Å². The summed E-state index contributed by atoms with van der Waals surface area (Å²) >= 11 is 6.51. The van der Waals surface area contributed by atoms with Crippen molar-refractivity contribution >= 4 is 29.1 Å². The van der Waals surface area contributed by atoms with Crippen LogP contribution in [0.5, 0.6) is 17.2 Å². The third-order valence-electron chi connectivity index (χ3n) is 7.48. The Kier molecular flexibility index (Phi) is 5.27. The number of hydrogen-bond donors (Lipinski definition) is 1. The lowest BCUT2D eigenvalue weighted by molar-refractivity contribution is -0.132. The Bertz CT molecular complexity index is 1140. The molecule has 5 rings (SSSR count). The Morgan fingerprint density at radius 2 is 1.85 bits per heavy atom. The molecule has 2 aliphatic heterocycles. The topological polar surface area (TPSA) is 90.9 Å². The number of ketones is 2. The van der Waals surface area contributed by atoms with E-state index in [0.717, 1.165) is 19.3 Å². The molecule has 1 spiro atoms. The molecule has 1 N–H and O–H groups in total. The Balaban J connectivity index is 1.63. The number of carbonyl (C=O) groups excluding carboxylic acids is 3.